The molecule has 0 saturated heterocycles. The van der Waals surface area contributed by atoms with Gasteiger partial charge in [0.1, 0.15) is 5.69 Å². The lowest BCUT2D eigenvalue weighted by atomic mass is 9.88. The number of hydrogen-bond acceptors (Lipinski definition) is 3. The molecule has 17 heavy (non-hydrogen) atoms. The standard InChI is InChI=1S/C13H21N3O/c1-13(2,7-5-8-14)10-16-12(17)11-6-3-4-9-15-11/h3-4,6,9H,5,7-8,10,14H2,1-2H3,(H,16,17). The minimum atomic E-state index is -0.119. The summed E-state index contributed by atoms with van der Waals surface area (Å²) in [6.07, 6.45) is 3.60. The van der Waals surface area contributed by atoms with Gasteiger partial charge in [-0.15, -0.1) is 0 Å². The summed E-state index contributed by atoms with van der Waals surface area (Å²) < 4.78 is 0. The largest absolute Gasteiger partial charge is 0.350 e. The molecule has 4 nitrogen and oxygen atoms in total. The molecular weight excluding hydrogens is 214 g/mol. The summed E-state index contributed by atoms with van der Waals surface area (Å²) in [7, 11) is 0. The second kappa shape index (κ2) is 6.35. The molecule has 1 aromatic heterocycles. The highest BCUT2D eigenvalue weighted by Crippen LogP contribution is 2.20. The van der Waals surface area contributed by atoms with E-state index in [4.69, 9.17) is 5.73 Å². The Kier molecular flexibility index (Phi) is 5.10. The van der Waals surface area contributed by atoms with Crippen LogP contribution in [0.15, 0.2) is 24.4 Å². The highest BCUT2D eigenvalue weighted by molar-refractivity contribution is 5.92. The van der Waals surface area contributed by atoms with E-state index in [0.29, 0.717) is 18.8 Å². The lowest BCUT2D eigenvalue weighted by molar-refractivity contribution is 0.0929. The van der Waals surface area contributed by atoms with Gasteiger partial charge in [-0.25, -0.2) is 0 Å². The fourth-order valence-electron chi connectivity index (χ4n) is 1.58. The van der Waals surface area contributed by atoms with Crippen molar-refractivity contribution in [3.05, 3.63) is 30.1 Å². The number of pyridine rings is 1. The maximum Gasteiger partial charge on any atom is 0.269 e. The van der Waals surface area contributed by atoms with E-state index < -0.39 is 0 Å². The summed E-state index contributed by atoms with van der Waals surface area (Å²) in [4.78, 5) is 15.8. The fourth-order valence-corrected chi connectivity index (χ4v) is 1.58. The van der Waals surface area contributed by atoms with Gasteiger partial charge in [0, 0.05) is 12.7 Å². The van der Waals surface area contributed by atoms with Crippen molar-refractivity contribution in [3.63, 3.8) is 0 Å². The predicted molar refractivity (Wildman–Crippen MR) is 68.6 cm³/mol. The van der Waals surface area contributed by atoms with Crippen molar-refractivity contribution < 1.29 is 4.79 Å². The summed E-state index contributed by atoms with van der Waals surface area (Å²) in [5.74, 6) is -0.119. The number of hydrogen-bond donors (Lipinski definition) is 2. The van der Waals surface area contributed by atoms with Crippen molar-refractivity contribution >= 4 is 5.91 Å². The van der Waals surface area contributed by atoms with Crippen LogP contribution in [0.3, 0.4) is 0 Å². The van der Waals surface area contributed by atoms with E-state index in [1.165, 1.54) is 0 Å². The Morgan fingerprint density at radius 1 is 1.47 bits per heavy atom. The highest BCUT2D eigenvalue weighted by atomic mass is 16.1. The number of carbonyl (C=O) groups excluding carboxylic acids is 1. The number of nitrogens with one attached hydrogen (secondary N) is 1. The summed E-state index contributed by atoms with van der Waals surface area (Å²) in [6, 6.07) is 5.31. The zero-order valence-electron chi connectivity index (χ0n) is 10.6. The van der Waals surface area contributed by atoms with Gasteiger partial charge in [0.05, 0.1) is 0 Å². The van der Waals surface area contributed by atoms with Crippen LogP contribution in [-0.2, 0) is 0 Å². The monoisotopic (exact) mass is 235 g/mol. The third kappa shape index (κ3) is 4.95. The van der Waals surface area contributed by atoms with Crippen LogP contribution in [0.4, 0.5) is 0 Å². The Hall–Kier alpha value is -1.42. The number of amides is 1. The highest BCUT2D eigenvalue weighted by Gasteiger charge is 2.18. The van der Waals surface area contributed by atoms with Crippen LogP contribution in [0.2, 0.25) is 0 Å². The van der Waals surface area contributed by atoms with Crippen molar-refractivity contribution in [2.75, 3.05) is 13.1 Å². The lowest BCUT2D eigenvalue weighted by Crippen LogP contribution is -2.34. The minimum absolute atomic E-state index is 0.0732. The van der Waals surface area contributed by atoms with Crippen molar-refractivity contribution in [1.82, 2.24) is 10.3 Å². The Labute approximate surface area is 103 Å². The molecule has 0 atom stereocenters. The van der Waals surface area contributed by atoms with Crippen molar-refractivity contribution in [3.8, 4) is 0 Å². The number of rotatable bonds is 6. The van der Waals surface area contributed by atoms with Crippen LogP contribution in [0.25, 0.3) is 0 Å². The average molecular weight is 235 g/mol. The van der Waals surface area contributed by atoms with Gasteiger partial charge in [0.25, 0.3) is 5.91 Å². The molecule has 0 bridgehead atoms. The molecule has 4 heteroatoms. The quantitative estimate of drug-likeness (QED) is 0.786. The molecule has 0 unspecified atom stereocenters. The van der Waals surface area contributed by atoms with E-state index in [9.17, 15) is 4.79 Å². The zero-order chi connectivity index (χ0) is 12.7. The molecule has 1 rings (SSSR count). The molecule has 0 spiro atoms. The lowest BCUT2D eigenvalue weighted by Gasteiger charge is -2.24. The summed E-state index contributed by atoms with van der Waals surface area (Å²) in [6.45, 7) is 5.59. The van der Waals surface area contributed by atoms with E-state index >= 15 is 0 Å². The zero-order valence-corrected chi connectivity index (χ0v) is 10.6. The Bertz CT molecular complexity index is 349. The molecule has 0 saturated carbocycles. The predicted octanol–water partition coefficient (Wildman–Crippen LogP) is 1.58. The molecule has 0 fully saturated rings. The molecule has 1 aromatic rings. The third-order valence-corrected chi connectivity index (χ3v) is 2.68. The Morgan fingerprint density at radius 2 is 2.24 bits per heavy atom. The van der Waals surface area contributed by atoms with Gasteiger partial charge < -0.3 is 11.1 Å². The molecule has 1 heterocycles. The first-order valence-electron chi connectivity index (χ1n) is 5.94. The van der Waals surface area contributed by atoms with Crippen LogP contribution in [0.5, 0.6) is 0 Å². The van der Waals surface area contributed by atoms with Crippen molar-refractivity contribution in [2.45, 2.75) is 26.7 Å². The molecule has 3 N–H and O–H groups in total. The van der Waals surface area contributed by atoms with Crippen LogP contribution < -0.4 is 11.1 Å². The molecule has 1 amide bonds. The first-order valence-corrected chi connectivity index (χ1v) is 5.94. The van der Waals surface area contributed by atoms with Crippen LogP contribution in [0, 0.1) is 5.41 Å². The van der Waals surface area contributed by atoms with Gasteiger partial charge in [-0.05, 0) is 36.9 Å². The maximum absolute atomic E-state index is 11.8. The van der Waals surface area contributed by atoms with E-state index in [1.54, 1.807) is 18.3 Å². The maximum atomic E-state index is 11.8. The molecule has 0 aliphatic rings. The minimum Gasteiger partial charge on any atom is -0.350 e. The van der Waals surface area contributed by atoms with Gasteiger partial charge in [-0.2, -0.15) is 0 Å². The summed E-state index contributed by atoms with van der Waals surface area (Å²) >= 11 is 0. The van der Waals surface area contributed by atoms with Crippen molar-refractivity contribution in [2.24, 2.45) is 11.1 Å². The first kappa shape index (κ1) is 13.6. The van der Waals surface area contributed by atoms with E-state index in [1.807, 2.05) is 6.07 Å². The number of carbonyl (C=O) groups is 1. The molecule has 94 valence electrons. The van der Waals surface area contributed by atoms with E-state index in [-0.39, 0.29) is 11.3 Å². The normalized spacial score (nSPS) is 11.2. The Balaban J connectivity index is 2.43. The van der Waals surface area contributed by atoms with E-state index in [0.717, 1.165) is 12.8 Å². The second-order valence-electron chi connectivity index (χ2n) is 4.95. The summed E-state index contributed by atoms with van der Waals surface area (Å²) in [5.41, 5.74) is 6.02. The van der Waals surface area contributed by atoms with Crippen LogP contribution in [-0.4, -0.2) is 24.0 Å². The van der Waals surface area contributed by atoms with Crippen molar-refractivity contribution in [1.29, 1.82) is 0 Å². The molecule has 0 aliphatic carbocycles. The fraction of sp³-hybridized carbons (Fsp3) is 0.538. The summed E-state index contributed by atoms with van der Waals surface area (Å²) in [5, 5.41) is 2.91. The van der Waals surface area contributed by atoms with Gasteiger partial charge in [-0.1, -0.05) is 19.9 Å². The smallest absolute Gasteiger partial charge is 0.269 e. The molecule has 0 radical (unpaired) electrons. The molecule has 0 aromatic carbocycles. The van der Waals surface area contributed by atoms with Gasteiger partial charge in [0.15, 0.2) is 0 Å². The number of aromatic nitrogens is 1. The van der Waals surface area contributed by atoms with E-state index in [2.05, 4.69) is 24.1 Å². The number of nitrogens with two attached hydrogens (primary N) is 1. The SMILES string of the molecule is CC(C)(CCCN)CNC(=O)c1ccccn1. The second-order valence-corrected chi connectivity index (χ2v) is 4.95. The molecule has 0 aliphatic heterocycles. The number of nitrogens with zero attached hydrogens (tertiary/aromatic N) is 1. The van der Waals surface area contributed by atoms with Gasteiger partial charge >= 0.3 is 0 Å². The first-order chi connectivity index (χ1) is 8.05. The van der Waals surface area contributed by atoms with Gasteiger partial charge in [-0.3, -0.25) is 9.78 Å². The van der Waals surface area contributed by atoms with Gasteiger partial charge in [0.2, 0.25) is 0 Å². The average Bonchev–Trinajstić information content (AvgIpc) is 2.35. The molecular formula is C13H21N3O. The topological polar surface area (TPSA) is 68.0 Å². The van der Waals surface area contributed by atoms with Crippen LogP contribution >= 0.6 is 0 Å². The third-order valence-electron chi connectivity index (χ3n) is 2.68. The Morgan fingerprint density at radius 3 is 2.82 bits per heavy atom. The van der Waals surface area contributed by atoms with Crippen LogP contribution in [0.1, 0.15) is 37.2 Å².